The molecule has 0 spiro atoms. The zero-order chi connectivity index (χ0) is 13.8. The first-order chi connectivity index (χ1) is 9.81. The summed E-state index contributed by atoms with van der Waals surface area (Å²) in [5.41, 5.74) is 1.46. The van der Waals surface area contributed by atoms with Gasteiger partial charge in [-0.25, -0.2) is 0 Å². The zero-order valence-electron chi connectivity index (χ0n) is 12.8. The predicted molar refractivity (Wildman–Crippen MR) is 84.7 cm³/mol. The molecule has 0 bridgehead atoms. The van der Waals surface area contributed by atoms with Gasteiger partial charge in [0.05, 0.1) is 0 Å². The standard InChI is InChI=1S/C18H28N2/c1-16-6-5-11-20(14-16)18-9-12-19(13-10-18)15-17-7-3-2-4-8-17/h2-4,7-8,16,18H,5-6,9-15H2,1H3. The van der Waals surface area contributed by atoms with E-state index in [9.17, 15) is 0 Å². The molecule has 2 saturated heterocycles. The molecule has 2 fully saturated rings. The van der Waals surface area contributed by atoms with E-state index in [0.29, 0.717) is 0 Å². The maximum atomic E-state index is 2.77. The molecule has 2 aliphatic heterocycles. The van der Waals surface area contributed by atoms with Crippen molar-refractivity contribution < 1.29 is 0 Å². The van der Waals surface area contributed by atoms with Gasteiger partial charge in [-0.2, -0.15) is 0 Å². The Balaban J connectivity index is 1.47. The van der Waals surface area contributed by atoms with Crippen LogP contribution in [0.15, 0.2) is 30.3 Å². The van der Waals surface area contributed by atoms with Gasteiger partial charge in [-0.1, -0.05) is 37.3 Å². The second kappa shape index (κ2) is 6.73. The van der Waals surface area contributed by atoms with Crippen LogP contribution in [0, 0.1) is 5.92 Å². The Kier molecular flexibility index (Phi) is 4.74. The Hall–Kier alpha value is -0.860. The fourth-order valence-corrected chi connectivity index (χ4v) is 3.84. The Labute approximate surface area is 123 Å². The van der Waals surface area contributed by atoms with Gasteiger partial charge in [0.15, 0.2) is 0 Å². The lowest BCUT2D eigenvalue weighted by molar-refractivity contribution is 0.0729. The summed E-state index contributed by atoms with van der Waals surface area (Å²) < 4.78 is 0. The van der Waals surface area contributed by atoms with Crippen LogP contribution in [0.2, 0.25) is 0 Å². The van der Waals surface area contributed by atoms with Crippen molar-refractivity contribution in [1.82, 2.24) is 9.80 Å². The molecule has 0 aromatic heterocycles. The third-order valence-corrected chi connectivity index (χ3v) is 5.01. The Morgan fingerprint density at radius 1 is 1.00 bits per heavy atom. The van der Waals surface area contributed by atoms with Gasteiger partial charge in [0, 0.05) is 19.1 Å². The van der Waals surface area contributed by atoms with Crippen LogP contribution in [0.3, 0.4) is 0 Å². The Morgan fingerprint density at radius 2 is 1.75 bits per heavy atom. The lowest BCUT2D eigenvalue weighted by atomic mass is 9.95. The van der Waals surface area contributed by atoms with Gasteiger partial charge in [0.25, 0.3) is 0 Å². The van der Waals surface area contributed by atoms with Crippen molar-refractivity contribution in [2.45, 2.75) is 45.2 Å². The van der Waals surface area contributed by atoms with E-state index in [0.717, 1.165) is 18.5 Å². The fourth-order valence-electron chi connectivity index (χ4n) is 3.84. The molecular formula is C18H28N2. The van der Waals surface area contributed by atoms with Gasteiger partial charge >= 0.3 is 0 Å². The van der Waals surface area contributed by atoms with Gasteiger partial charge < -0.3 is 4.90 Å². The predicted octanol–water partition coefficient (Wildman–Crippen LogP) is 3.38. The maximum absolute atomic E-state index is 2.77. The molecule has 1 aromatic carbocycles. The first-order valence-electron chi connectivity index (χ1n) is 8.31. The second-order valence-electron chi connectivity index (χ2n) is 6.74. The summed E-state index contributed by atoms with van der Waals surface area (Å²) in [5.74, 6) is 0.908. The van der Waals surface area contributed by atoms with E-state index in [1.54, 1.807) is 0 Å². The average Bonchev–Trinajstić information content (AvgIpc) is 2.49. The molecule has 0 radical (unpaired) electrons. The lowest BCUT2D eigenvalue weighted by Crippen LogP contribution is -2.47. The van der Waals surface area contributed by atoms with Crippen LogP contribution in [0.1, 0.15) is 38.2 Å². The number of hydrogen-bond acceptors (Lipinski definition) is 2. The molecule has 3 rings (SSSR count). The molecule has 20 heavy (non-hydrogen) atoms. The molecule has 110 valence electrons. The van der Waals surface area contributed by atoms with Crippen molar-refractivity contribution in [1.29, 1.82) is 0 Å². The molecule has 1 atom stereocenters. The van der Waals surface area contributed by atoms with Crippen LogP contribution >= 0.6 is 0 Å². The third kappa shape index (κ3) is 3.62. The molecular weight excluding hydrogens is 244 g/mol. The van der Waals surface area contributed by atoms with Crippen LogP contribution in [0.25, 0.3) is 0 Å². The zero-order valence-corrected chi connectivity index (χ0v) is 12.8. The van der Waals surface area contributed by atoms with Crippen LogP contribution < -0.4 is 0 Å². The minimum Gasteiger partial charge on any atom is -0.300 e. The monoisotopic (exact) mass is 272 g/mol. The molecule has 1 unspecified atom stereocenters. The maximum Gasteiger partial charge on any atom is 0.0233 e. The summed E-state index contributed by atoms with van der Waals surface area (Å²) in [6.45, 7) is 8.76. The first kappa shape index (κ1) is 14.1. The molecule has 2 nitrogen and oxygen atoms in total. The summed E-state index contributed by atoms with van der Waals surface area (Å²) in [4.78, 5) is 5.40. The van der Waals surface area contributed by atoms with E-state index >= 15 is 0 Å². The molecule has 2 heteroatoms. The molecule has 0 saturated carbocycles. The highest BCUT2D eigenvalue weighted by molar-refractivity contribution is 5.14. The summed E-state index contributed by atoms with van der Waals surface area (Å²) >= 11 is 0. The summed E-state index contributed by atoms with van der Waals surface area (Å²) in [7, 11) is 0. The SMILES string of the molecule is CC1CCCN(C2CCN(Cc3ccccc3)CC2)C1. The second-order valence-corrected chi connectivity index (χ2v) is 6.74. The summed E-state index contributed by atoms with van der Waals surface area (Å²) in [6, 6.07) is 11.8. The fraction of sp³-hybridized carbons (Fsp3) is 0.667. The van der Waals surface area contributed by atoms with Crippen molar-refractivity contribution in [3.05, 3.63) is 35.9 Å². The molecule has 2 heterocycles. The third-order valence-electron chi connectivity index (χ3n) is 5.01. The Bertz CT molecular complexity index is 395. The molecule has 1 aromatic rings. The van der Waals surface area contributed by atoms with Crippen LogP contribution in [0.4, 0.5) is 0 Å². The van der Waals surface area contributed by atoms with Crippen molar-refractivity contribution in [2.24, 2.45) is 5.92 Å². The van der Waals surface area contributed by atoms with Gasteiger partial charge in [-0.3, -0.25) is 4.90 Å². The number of nitrogens with zero attached hydrogens (tertiary/aromatic N) is 2. The van der Waals surface area contributed by atoms with Gasteiger partial charge in [0.2, 0.25) is 0 Å². The largest absolute Gasteiger partial charge is 0.300 e. The number of rotatable bonds is 3. The van der Waals surface area contributed by atoms with Crippen molar-refractivity contribution in [2.75, 3.05) is 26.2 Å². The molecule has 0 N–H and O–H groups in total. The molecule has 0 amide bonds. The van der Waals surface area contributed by atoms with Crippen molar-refractivity contribution in [3.63, 3.8) is 0 Å². The van der Waals surface area contributed by atoms with E-state index < -0.39 is 0 Å². The van der Waals surface area contributed by atoms with Gasteiger partial charge in [-0.15, -0.1) is 0 Å². The van der Waals surface area contributed by atoms with E-state index in [4.69, 9.17) is 0 Å². The topological polar surface area (TPSA) is 6.48 Å². The highest BCUT2D eigenvalue weighted by Crippen LogP contribution is 2.24. The van der Waals surface area contributed by atoms with E-state index in [1.807, 2.05) is 0 Å². The normalized spacial score (nSPS) is 26.8. The van der Waals surface area contributed by atoms with E-state index in [-0.39, 0.29) is 0 Å². The van der Waals surface area contributed by atoms with Crippen molar-refractivity contribution >= 4 is 0 Å². The van der Waals surface area contributed by atoms with Crippen LogP contribution in [-0.2, 0) is 6.54 Å². The van der Waals surface area contributed by atoms with E-state index in [2.05, 4.69) is 47.1 Å². The van der Waals surface area contributed by atoms with Crippen molar-refractivity contribution in [3.8, 4) is 0 Å². The smallest absolute Gasteiger partial charge is 0.0233 e. The minimum atomic E-state index is 0.852. The summed E-state index contributed by atoms with van der Waals surface area (Å²) in [6.07, 6.45) is 5.56. The summed E-state index contributed by atoms with van der Waals surface area (Å²) in [5, 5.41) is 0. The van der Waals surface area contributed by atoms with Crippen LogP contribution in [-0.4, -0.2) is 42.0 Å². The Morgan fingerprint density at radius 3 is 2.45 bits per heavy atom. The van der Waals surface area contributed by atoms with Gasteiger partial charge in [0.1, 0.15) is 0 Å². The average molecular weight is 272 g/mol. The number of piperidine rings is 2. The molecule has 2 aliphatic rings. The van der Waals surface area contributed by atoms with Gasteiger partial charge in [-0.05, 0) is 56.8 Å². The number of likely N-dealkylation sites (tertiary alicyclic amines) is 2. The highest BCUT2D eigenvalue weighted by atomic mass is 15.2. The number of benzene rings is 1. The quantitative estimate of drug-likeness (QED) is 0.832. The molecule has 0 aliphatic carbocycles. The van der Waals surface area contributed by atoms with Crippen LogP contribution in [0.5, 0.6) is 0 Å². The number of hydrogen-bond donors (Lipinski definition) is 0. The lowest BCUT2D eigenvalue weighted by Gasteiger charge is -2.41. The first-order valence-corrected chi connectivity index (χ1v) is 8.31. The minimum absolute atomic E-state index is 0.852. The highest BCUT2D eigenvalue weighted by Gasteiger charge is 2.27. The van der Waals surface area contributed by atoms with E-state index in [1.165, 1.54) is 57.4 Å².